The van der Waals surface area contributed by atoms with E-state index >= 15 is 0 Å². The lowest BCUT2D eigenvalue weighted by atomic mass is 10.1. The van der Waals surface area contributed by atoms with Gasteiger partial charge in [-0.25, -0.2) is 4.39 Å². The summed E-state index contributed by atoms with van der Waals surface area (Å²) in [6, 6.07) is 4.33. The van der Waals surface area contributed by atoms with Crippen LogP contribution in [-0.2, 0) is 13.2 Å². The predicted molar refractivity (Wildman–Crippen MR) is 81.0 cm³/mol. The molecule has 114 valence electrons. The van der Waals surface area contributed by atoms with E-state index in [1.54, 1.807) is 23.7 Å². The third-order valence-corrected chi connectivity index (χ3v) is 3.78. The topological polar surface area (TPSA) is 53.1 Å². The lowest BCUT2D eigenvalue weighted by molar-refractivity contribution is 0.291. The second-order valence-electron chi connectivity index (χ2n) is 4.92. The molecule has 1 aromatic carbocycles. The molecule has 1 aromatic heterocycles. The van der Waals surface area contributed by atoms with Crippen LogP contribution in [0, 0.1) is 12.7 Å². The molecule has 1 heterocycles. The molecule has 2 aromatic rings. The van der Waals surface area contributed by atoms with Gasteiger partial charge in [0, 0.05) is 24.2 Å². The first kappa shape index (κ1) is 15.8. The fourth-order valence-electron chi connectivity index (χ4n) is 2.13. The summed E-state index contributed by atoms with van der Waals surface area (Å²) in [6.07, 6.45) is 0. The number of hydrogen-bond donors (Lipinski definition) is 1. The normalized spacial score (nSPS) is 12.5. The molecule has 0 unspecified atom stereocenters. The maximum Gasteiger partial charge on any atom is 0.131 e. The second-order valence-corrected chi connectivity index (χ2v) is 5.30. The number of aryl methyl sites for hydroxylation is 2. The first-order valence-electron chi connectivity index (χ1n) is 6.83. The van der Waals surface area contributed by atoms with E-state index in [-0.39, 0.29) is 18.5 Å². The lowest BCUT2D eigenvalue weighted by Gasteiger charge is -2.11. The Hall–Kier alpha value is -1.59. The van der Waals surface area contributed by atoms with Gasteiger partial charge in [0.1, 0.15) is 18.2 Å². The smallest absolute Gasteiger partial charge is 0.131 e. The van der Waals surface area contributed by atoms with E-state index in [4.69, 9.17) is 22.1 Å². The van der Waals surface area contributed by atoms with Crippen molar-refractivity contribution in [2.75, 3.05) is 0 Å². The molecule has 0 saturated heterocycles. The largest absolute Gasteiger partial charge is 0.487 e. The fraction of sp³-hybridized carbons (Fsp3) is 0.400. The van der Waals surface area contributed by atoms with Crippen LogP contribution in [0.4, 0.5) is 4.39 Å². The zero-order valence-corrected chi connectivity index (χ0v) is 13.1. The number of rotatable bonds is 5. The number of nitrogens with two attached hydrogens (primary N) is 1. The molecular weight excluding hydrogens is 293 g/mol. The van der Waals surface area contributed by atoms with Gasteiger partial charge in [0.15, 0.2) is 0 Å². The van der Waals surface area contributed by atoms with Gasteiger partial charge in [-0.2, -0.15) is 5.10 Å². The van der Waals surface area contributed by atoms with E-state index in [2.05, 4.69) is 5.10 Å². The quantitative estimate of drug-likeness (QED) is 0.918. The molecule has 2 rings (SSSR count). The van der Waals surface area contributed by atoms with E-state index in [0.29, 0.717) is 22.9 Å². The molecule has 0 aliphatic rings. The molecule has 6 heteroatoms. The van der Waals surface area contributed by atoms with E-state index in [9.17, 15) is 4.39 Å². The van der Waals surface area contributed by atoms with Crippen molar-refractivity contribution in [1.29, 1.82) is 0 Å². The Morgan fingerprint density at radius 2 is 2.19 bits per heavy atom. The summed E-state index contributed by atoms with van der Waals surface area (Å²) in [7, 11) is 0. The van der Waals surface area contributed by atoms with Crippen LogP contribution in [0.15, 0.2) is 18.2 Å². The van der Waals surface area contributed by atoms with Crippen molar-refractivity contribution in [2.24, 2.45) is 5.73 Å². The second kappa shape index (κ2) is 6.45. The molecule has 21 heavy (non-hydrogen) atoms. The minimum atomic E-state index is -0.367. The number of ether oxygens (including phenoxy) is 1. The van der Waals surface area contributed by atoms with Gasteiger partial charge in [0.2, 0.25) is 0 Å². The van der Waals surface area contributed by atoms with E-state index in [1.165, 1.54) is 6.07 Å². The summed E-state index contributed by atoms with van der Waals surface area (Å²) >= 11 is 6.20. The van der Waals surface area contributed by atoms with Crippen molar-refractivity contribution in [2.45, 2.75) is 40.0 Å². The highest BCUT2D eigenvalue weighted by Crippen LogP contribution is 2.24. The van der Waals surface area contributed by atoms with Crippen molar-refractivity contribution in [3.63, 3.8) is 0 Å². The number of hydrogen-bond acceptors (Lipinski definition) is 3. The minimum Gasteiger partial charge on any atom is -0.487 e. The van der Waals surface area contributed by atoms with Crippen LogP contribution in [0.25, 0.3) is 0 Å². The van der Waals surface area contributed by atoms with Gasteiger partial charge >= 0.3 is 0 Å². The van der Waals surface area contributed by atoms with Crippen molar-refractivity contribution in [1.82, 2.24) is 9.78 Å². The molecular formula is C15H19ClFN3O. The highest BCUT2D eigenvalue weighted by Gasteiger charge is 2.14. The standard InChI is InChI=1S/C15H19ClFN3O/c1-4-20-14(15(16)10(3)19-20)8-21-11-5-6-12(9(2)18)13(17)7-11/h5-7,9H,4,8,18H2,1-3H3/t9-/m0/s1. The van der Waals surface area contributed by atoms with E-state index in [1.807, 2.05) is 13.8 Å². The number of nitrogens with zero attached hydrogens (tertiary/aromatic N) is 2. The van der Waals surface area contributed by atoms with Gasteiger partial charge in [0.25, 0.3) is 0 Å². The van der Waals surface area contributed by atoms with Crippen molar-refractivity contribution < 1.29 is 9.13 Å². The Labute approximate surface area is 128 Å². The van der Waals surface area contributed by atoms with Crippen LogP contribution < -0.4 is 10.5 Å². The van der Waals surface area contributed by atoms with E-state index in [0.717, 1.165) is 11.4 Å². The molecule has 0 spiro atoms. The van der Waals surface area contributed by atoms with Crippen LogP contribution in [0.3, 0.4) is 0 Å². The van der Waals surface area contributed by atoms with Gasteiger partial charge in [0.05, 0.1) is 16.4 Å². The number of aromatic nitrogens is 2. The zero-order valence-electron chi connectivity index (χ0n) is 12.4. The van der Waals surface area contributed by atoms with Crippen molar-refractivity contribution >= 4 is 11.6 Å². The molecule has 0 radical (unpaired) electrons. The molecule has 0 amide bonds. The van der Waals surface area contributed by atoms with Crippen molar-refractivity contribution in [3.8, 4) is 5.75 Å². The molecule has 0 bridgehead atoms. The summed E-state index contributed by atoms with van der Waals surface area (Å²) in [5.41, 5.74) is 7.69. The first-order chi connectivity index (χ1) is 9.93. The fourth-order valence-corrected chi connectivity index (χ4v) is 2.32. The molecule has 2 N–H and O–H groups in total. The van der Waals surface area contributed by atoms with Gasteiger partial charge in [-0.15, -0.1) is 0 Å². The summed E-state index contributed by atoms with van der Waals surface area (Å²) in [5.74, 6) is 0.0725. The molecule has 1 atom stereocenters. The summed E-state index contributed by atoms with van der Waals surface area (Å²) < 4.78 is 21.3. The molecule has 4 nitrogen and oxygen atoms in total. The molecule has 0 aliphatic heterocycles. The van der Waals surface area contributed by atoms with Crippen LogP contribution in [0.2, 0.25) is 5.02 Å². The minimum absolute atomic E-state index is 0.241. The Morgan fingerprint density at radius 3 is 2.76 bits per heavy atom. The third-order valence-electron chi connectivity index (χ3n) is 3.29. The van der Waals surface area contributed by atoms with Gasteiger partial charge in [-0.05, 0) is 26.8 Å². The number of halogens is 2. The van der Waals surface area contributed by atoms with Gasteiger partial charge < -0.3 is 10.5 Å². The van der Waals surface area contributed by atoms with Crippen LogP contribution in [-0.4, -0.2) is 9.78 Å². The summed E-state index contributed by atoms with van der Waals surface area (Å²) in [4.78, 5) is 0. The number of benzene rings is 1. The molecule has 0 fully saturated rings. The maximum absolute atomic E-state index is 13.9. The average Bonchev–Trinajstić information content (AvgIpc) is 2.71. The highest BCUT2D eigenvalue weighted by molar-refractivity contribution is 6.31. The van der Waals surface area contributed by atoms with Crippen LogP contribution >= 0.6 is 11.6 Å². The first-order valence-corrected chi connectivity index (χ1v) is 7.21. The molecule has 0 aliphatic carbocycles. The Bertz CT molecular complexity index is 640. The Balaban J connectivity index is 2.15. The van der Waals surface area contributed by atoms with Crippen LogP contribution in [0.5, 0.6) is 5.75 Å². The highest BCUT2D eigenvalue weighted by atomic mass is 35.5. The predicted octanol–water partition coefficient (Wildman–Crippen LogP) is 3.60. The zero-order chi connectivity index (χ0) is 15.6. The SMILES string of the molecule is CCn1nc(C)c(Cl)c1COc1ccc([C@H](C)N)c(F)c1. The lowest BCUT2D eigenvalue weighted by Crippen LogP contribution is -2.09. The monoisotopic (exact) mass is 311 g/mol. The van der Waals surface area contributed by atoms with E-state index < -0.39 is 0 Å². The maximum atomic E-state index is 13.9. The Kier molecular flexibility index (Phi) is 4.85. The molecule has 0 saturated carbocycles. The third kappa shape index (κ3) is 3.36. The van der Waals surface area contributed by atoms with Gasteiger partial charge in [-0.3, -0.25) is 4.68 Å². The van der Waals surface area contributed by atoms with Crippen molar-refractivity contribution in [3.05, 3.63) is 46.0 Å². The van der Waals surface area contributed by atoms with Crippen LogP contribution in [0.1, 0.15) is 36.8 Å². The van der Waals surface area contributed by atoms with Gasteiger partial charge in [-0.1, -0.05) is 17.7 Å². The average molecular weight is 312 g/mol. The summed E-state index contributed by atoms with van der Waals surface area (Å²) in [5, 5.41) is 4.90. The Morgan fingerprint density at radius 1 is 1.48 bits per heavy atom. The summed E-state index contributed by atoms with van der Waals surface area (Å²) in [6.45, 7) is 6.49.